The van der Waals surface area contributed by atoms with E-state index < -0.39 is 5.97 Å². The van der Waals surface area contributed by atoms with Crippen LogP contribution in [0, 0.1) is 6.92 Å². The van der Waals surface area contributed by atoms with Crippen molar-refractivity contribution in [1.82, 2.24) is 0 Å². The monoisotopic (exact) mass is 346 g/mol. The summed E-state index contributed by atoms with van der Waals surface area (Å²) in [5.41, 5.74) is 2.90. The van der Waals surface area contributed by atoms with E-state index in [9.17, 15) is 4.79 Å². The minimum atomic E-state index is -0.474. The molecule has 0 atom stereocenters. The lowest BCUT2D eigenvalue weighted by molar-refractivity contribution is -0.133. The van der Waals surface area contributed by atoms with Crippen LogP contribution in [0.3, 0.4) is 0 Å². The van der Waals surface area contributed by atoms with Crippen LogP contribution in [0.2, 0.25) is 5.02 Å². The molecule has 0 radical (unpaired) electrons. The number of hydrogen-bond acceptors (Lipinski definition) is 4. The van der Waals surface area contributed by atoms with Crippen LogP contribution in [0.1, 0.15) is 16.7 Å². The zero-order chi connectivity index (χ0) is 17.5. The topological polar surface area (TPSA) is 44.8 Å². The van der Waals surface area contributed by atoms with Gasteiger partial charge in [0.2, 0.25) is 0 Å². The van der Waals surface area contributed by atoms with Crippen LogP contribution in [0.25, 0.3) is 5.57 Å². The number of ether oxygens (including phenoxy) is 3. The second kappa shape index (κ2) is 8.41. The van der Waals surface area contributed by atoms with Gasteiger partial charge in [0.1, 0.15) is 17.9 Å². The number of benzene rings is 2. The summed E-state index contributed by atoms with van der Waals surface area (Å²) in [6, 6.07) is 13.0. The van der Waals surface area contributed by atoms with Crippen molar-refractivity contribution in [2.45, 2.75) is 13.5 Å². The summed E-state index contributed by atoms with van der Waals surface area (Å²) in [5.74, 6) is 0.116. The van der Waals surface area contributed by atoms with Gasteiger partial charge in [-0.05, 0) is 35.7 Å². The van der Waals surface area contributed by atoms with E-state index in [1.54, 1.807) is 0 Å². The van der Waals surface area contributed by atoms with Gasteiger partial charge in [-0.2, -0.15) is 0 Å². The van der Waals surface area contributed by atoms with Crippen LogP contribution >= 0.6 is 11.6 Å². The molecule has 0 aliphatic rings. The summed E-state index contributed by atoms with van der Waals surface area (Å²) >= 11 is 6.19. The maximum absolute atomic E-state index is 12.0. The third kappa shape index (κ3) is 4.30. The lowest BCUT2D eigenvalue weighted by Crippen LogP contribution is -2.08. The molecule has 0 N–H and O–H groups in total. The van der Waals surface area contributed by atoms with E-state index in [2.05, 4.69) is 0 Å². The fraction of sp³-hybridized carbons (Fsp3) is 0.211. The molecular formula is C19H19ClO4. The van der Waals surface area contributed by atoms with Crippen LogP contribution in [0.4, 0.5) is 0 Å². The van der Waals surface area contributed by atoms with Gasteiger partial charge in [0.15, 0.2) is 0 Å². The Hall–Kier alpha value is -2.46. The molecule has 2 aromatic carbocycles. The fourth-order valence-corrected chi connectivity index (χ4v) is 2.53. The summed E-state index contributed by atoms with van der Waals surface area (Å²) in [7, 11) is 2.81. The van der Waals surface area contributed by atoms with Crippen LogP contribution in [-0.4, -0.2) is 20.2 Å². The summed E-state index contributed by atoms with van der Waals surface area (Å²) in [6.45, 7) is 2.22. The van der Waals surface area contributed by atoms with Gasteiger partial charge in [0.25, 0.3) is 0 Å². The van der Waals surface area contributed by atoms with E-state index in [0.717, 1.165) is 11.1 Å². The van der Waals surface area contributed by atoms with Crippen molar-refractivity contribution in [2.24, 2.45) is 0 Å². The average molecular weight is 347 g/mol. The average Bonchev–Trinajstić information content (AvgIpc) is 2.59. The Balaban J connectivity index is 2.28. The molecule has 0 aromatic heterocycles. The minimum Gasteiger partial charge on any atom is -0.503 e. The highest BCUT2D eigenvalue weighted by Crippen LogP contribution is 2.27. The number of methoxy groups -OCH3 is 2. The Morgan fingerprint density at radius 3 is 2.58 bits per heavy atom. The lowest BCUT2D eigenvalue weighted by Gasteiger charge is -2.13. The van der Waals surface area contributed by atoms with Crippen LogP contribution in [0.5, 0.6) is 5.75 Å². The van der Waals surface area contributed by atoms with Crippen LogP contribution in [0.15, 0.2) is 48.7 Å². The molecule has 0 unspecified atom stereocenters. The molecule has 126 valence electrons. The molecule has 0 saturated heterocycles. The fourth-order valence-electron chi connectivity index (χ4n) is 2.24. The Labute approximate surface area is 146 Å². The van der Waals surface area contributed by atoms with Gasteiger partial charge in [0.05, 0.1) is 25.5 Å². The molecule has 5 heteroatoms. The number of esters is 1. The van der Waals surface area contributed by atoms with Crippen molar-refractivity contribution in [3.05, 3.63) is 70.4 Å². The van der Waals surface area contributed by atoms with Gasteiger partial charge in [-0.25, -0.2) is 4.79 Å². The lowest BCUT2D eigenvalue weighted by atomic mass is 10.0. The Kier molecular flexibility index (Phi) is 6.27. The van der Waals surface area contributed by atoms with Gasteiger partial charge in [-0.15, -0.1) is 0 Å². The first-order valence-electron chi connectivity index (χ1n) is 7.35. The molecule has 2 rings (SSSR count). The highest BCUT2D eigenvalue weighted by molar-refractivity contribution is 6.32. The van der Waals surface area contributed by atoms with Gasteiger partial charge in [-0.1, -0.05) is 41.9 Å². The van der Waals surface area contributed by atoms with Crippen molar-refractivity contribution in [3.63, 3.8) is 0 Å². The molecule has 0 aliphatic heterocycles. The normalized spacial score (nSPS) is 11.1. The van der Waals surface area contributed by atoms with Gasteiger partial charge in [-0.3, -0.25) is 0 Å². The SMILES string of the molecule is COC=C(C(=O)OC)c1ccccc1COc1ccc(C)cc1Cl. The largest absolute Gasteiger partial charge is 0.503 e. The number of rotatable bonds is 6. The second-order valence-corrected chi connectivity index (χ2v) is 5.55. The minimum absolute atomic E-state index is 0.261. The van der Waals surface area contributed by atoms with Crippen molar-refractivity contribution in [2.75, 3.05) is 14.2 Å². The number of carbonyl (C=O) groups excluding carboxylic acids is 1. The number of carbonyl (C=O) groups is 1. The number of hydrogen-bond donors (Lipinski definition) is 0. The number of aryl methyl sites for hydroxylation is 1. The Bertz CT molecular complexity index is 753. The highest BCUT2D eigenvalue weighted by atomic mass is 35.5. The molecule has 2 aromatic rings. The van der Waals surface area contributed by atoms with Crippen LogP contribution in [-0.2, 0) is 20.9 Å². The molecule has 0 amide bonds. The molecule has 0 bridgehead atoms. The zero-order valence-electron chi connectivity index (χ0n) is 13.8. The Morgan fingerprint density at radius 2 is 1.92 bits per heavy atom. The molecule has 24 heavy (non-hydrogen) atoms. The maximum atomic E-state index is 12.0. The first-order chi connectivity index (χ1) is 11.6. The quantitative estimate of drug-likeness (QED) is 0.442. The van der Waals surface area contributed by atoms with E-state index >= 15 is 0 Å². The molecule has 4 nitrogen and oxygen atoms in total. The first-order valence-corrected chi connectivity index (χ1v) is 7.73. The van der Waals surface area contributed by atoms with Gasteiger partial charge < -0.3 is 14.2 Å². The Morgan fingerprint density at radius 1 is 1.17 bits per heavy atom. The van der Waals surface area contributed by atoms with Crippen molar-refractivity contribution < 1.29 is 19.0 Å². The molecule has 0 heterocycles. The third-order valence-electron chi connectivity index (χ3n) is 3.42. The molecule has 0 spiro atoms. The molecule has 0 aliphatic carbocycles. The van der Waals surface area contributed by atoms with E-state index in [0.29, 0.717) is 21.9 Å². The van der Waals surface area contributed by atoms with E-state index in [-0.39, 0.29) is 6.61 Å². The third-order valence-corrected chi connectivity index (χ3v) is 3.71. The van der Waals surface area contributed by atoms with Crippen molar-refractivity contribution in [3.8, 4) is 5.75 Å². The van der Waals surface area contributed by atoms with E-state index in [4.69, 9.17) is 25.8 Å². The van der Waals surface area contributed by atoms with E-state index in [1.165, 1.54) is 20.5 Å². The first kappa shape index (κ1) is 17.9. The zero-order valence-corrected chi connectivity index (χ0v) is 14.6. The highest BCUT2D eigenvalue weighted by Gasteiger charge is 2.17. The summed E-state index contributed by atoms with van der Waals surface area (Å²) in [6.07, 6.45) is 1.36. The molecule has 0 saturated carbocycles. The number of halogens is 1. The van der Waals surface area contributed by atoms with Crippen molar-refractivity contribution >= 4 is 23.1 Å². The smallest absolute Gasteiger partial charge is 0.341 e. The predicted molar refractivity (Wildman–Crippen MR) is 94.0 cm³/mol. The molecule has 0 fully saturated rings. The van der Waals surface area contributed by atoms with Crippen LogP contribution < -0.4 is 4.74 Å². The second-order valence-electron chi connectivity index (χ2n) is 5.14. The predicted octanol–water partition coefficient (Wildman–Crippen LogP) is 4.39. The van der Waals surface area contributed by atoms with Crippen molar-refractivity contribution in [1.29, 1.82) is 0 Å². The molecular weight excluding hydrogens is 328 g/mol. The summed E-state index contributed by atoms with van der Waals surface area (Å²) in [4.78, 5) is 12.0. The van der Waals surface area contributed by atoms with Gasteiger partial charge >= 0.3 is 5.97 Å². The summed E-state index contributed by atoms with van der Waals surface area (Å²) in [5, 5.41) is 0.549. The standard InChI is InChI=1S/C19H19ClO4/c1-13-8-9-18(17(20)10-13)24-11-14-6-4-5-7-15(14)16(12-22-2)19(21)23-3/h4-10,12H,11H2,1-3H3. The maximum Gasteiger partial charge on any atom is 0.341 e. The summed E-state index contributed by atoms with van der Waals surface area (Å²) < 4.78 is 15.6. The van der Waals surface area contributed by atoms with E-state index in [1.807, 2.05) is 49.4 Å². The van der Waals surface area contributed by atoms with Gasteiger partial charge in [0, 0.05) is 0 Å².